The molecule has 28 heavy (non-hydrogen) atoms. The molecule has 0 saturated carbocycles. The number of carbonyl (C=O) groups is 3. The zero-order chi connectivity index (χ0) is 20.9. The predicted molar refractivity (Wildman–Crippen MR) is 108 cm³/mol. The highest BCUT2D eigenvalue weighted by molar-refractivity contribution is 5.81. The number of amides is 2. The molecule has 2 aliphatic rings. The summed E-state index contributed by atoms with van der Waals surface area (Å²) >= 11 is 0. The number of hydrogen-bond acceptors (Lipinski definition) is 4. The van der Waals surface area contributed by atoms with Crippen LogP contribution in [0.3, 0.4) is 0 Å². The highest BCUT2D eigenvalue weighted by Gasteiger charge is 2.36. The number of nitrogens with zero attached hydrogens (tertiary/aromatic N) is 3. The molecule has 2 aliphatic heterocycles. The smallest absolute Gasteiger partial charge is 0.303 e. The van der Waals surface area contributed by atoms with E-state index in [2.05, 4.69) is 4.90 Å². The summed E-state index contributed by atoms with van der Waals surface area (Å²) in [4.78, 5) is 41.8. The SMILES string of the molecule is CC(=O)N1CCCN(CCC2CN(C(=O)C(C)(C)C)CCC2CC(=O)O)CC1. The summed E-state index contributed by atoms with van der Waals surface area (Å²) in [5.74, 6) is -0.131. The van der Waals surface area contributed by atoms with Gasteiger partial charge >= 0.3 is 5.97 Å². The lowest BCUT2D eigenvalue weighted by Crippen LogP contribution is -2.48. The number of aliphatic carboxylic acids is 1. The molecule has 0 aliphatic carbocycles. The number of carbonyl (C=O) groups excluding carboxylic acids is 2. The standard InChI is InChI=1S/C21H37N3O4/c1-16(25)23-9-5-8-22(12-13-23)10-6-18-15-24(20(28)21(2,3)4)11-7-17(18)14-19(26)27/h17-18H,5-15H2,1-4H3,(H,26,27). The fraction of sp³-hybridized carbons (Fsp3) is 0.857. The minimum Gasteiger partial charge on any atom is -0.481 e. The third kappa shape index (κ3) is 6.47. The first-order valence-electron chi connectivity index (χ1n) is 10.6. The Balaban J connectivity index is 1.96. The second-order valence-corrected chi connectivity index (χ2v) is 9.40. The first-order valence-corrected chi connectivity index (χ1v) is 10.6. The summed E-state index contributed by atoms with van der Waals surface area (Å²) in [7, 11) is 0. The first-order chi connectivity index (χ1) is 13.1. The first kappa shape index (κ1) is 22.7. The summed E-state index contributed by atoms with van der Waals surface area (Å²) in [6.45, 7) is 13.0. The van der Waals surface area contributed by atoms with Crippen LogP contribution >= 0.6 is 0 Å². The lowest BCUT2D eigenvalue weighted by Gasteiger charge is -2.41. The number of carboxylic acid groups (broad SMARTS) is 1. The van der Waals surface area contributed by atoms with Gasteiger partial charge in [0.1, 0.15) is 0 Å². The molecular formula is C21H37N3O4. The molecule has 7 heteroatoms. The van der Waals surface area contributed by atoms with Crippen LogP contribution in [0.1, 0.15) is 53.4 Å². The van der Waals surface area contributed by atoms with E-state index in [1.54, 1.807) is 6.92 Å². The Hall–Kier alpha value is -1.63. The van der Waals surface area contributed by atoms with Gasteiger partial charge in [-0.15, -0.1) is 0 Å². The van der Waals surface area contributed by atoms with Crippen LogP contribution in [-0.4, -0.2) is 83.4 Å². The second-order valence-electron chi connectivity index (χ2n) is 9.40. The molecular weight excluding hydrogens is 358 g/mol. The van der Waals surface area contributed by atoms with E-state index < -0.39 is 11.4 Å². The van der Waals surface area contributed by atoms with Crippen molar-refractivity contribution in [2.24, 2.45) is 17.3 Å². The van der Waals surface area contributed by atoms with Crippen molar-refractivity contribution in [3.63, 3.8) is 0 Å². The average molecular weight is 396 g/mol. The van der Waals surface area contributed by atoms with Crippen molar-refractivity contribution in [1.82, 2.24) is 14.7 Å². The van der Waals surface area contributed by atoms with E-state index in [0.29, 0.717) is 13.1 Å². The van der Waals surface area contributed by atoms with E-state index in [9.17, 15) is 19.5 Å². The third-order valence-electron chi connectivity index (χ3n) is 6.11. The Morgan fingerprint density at radius 3 is 2.29 bits per heavy atom. The van der Waals surface area contributed by atoms with Gasteiger partial charge in [-0.2, -0.15) is 0 Å². The van der Waals surface area contributed by atoms with Crippen molar-refractivity contribution in [1.29, 1.82) is 0 Å². The number of likely N-dealkylation sites (tertiary alicyclic amines) is 1. The van der Waals surface area contributed by atoms with E-state index in [1.807, 2.05) is 30.6 Å². The molecule has 0 aromatic heterocycles. The summed E-state index contributed by atoms with van der Waals surface area (Å²) in [5, 5.41) is 9.29. The van der Waals surface area contributed by atoms with Gasteiger partial charge in [-0.3, -0.25) is 14.4 Å². The minimum absolute atomic E-state index is 0.127. The summed E-state index contributed by atoms with van der Waals surface area (Å²) < 4.78 is 0. The number of hydrogen-bond donors (Lipinski definition) is 1. The van der Waals surface area contributed by atoms with Gasteiger partial charge in [0.25, 0.3) is 0 Å². The van der Waals surface area contributed by atoms with Crippen LogP contribution in [0.5, 0.6) is 0 Å². The van der Waals surface area contributed by atoms with Crippen molar-refractivity contribution in [2.45, 2.75) is 53.4 Å². The van der Waals surface area contributed by atoms with Gasteiger partial charge in [-0.25, -0.2) is 0 Å². The highest BCUT2D eigenvalue weighted by atomic mass is 16.4. The summed E-state index contributed by atoms with van der Waals surface area (Å²) in [6.07, 6.45) is 2.81. The van der Waals surface area contributed by atoms with Crippen molar-refractivity contribution in [2.75, 3.05) is 45.8 Å². The van der Waals surface area contributed by atoms with Gasteiger partial charge < -0.3 is 19.8 Å². The summed E-state index contributed by atoms with van der Waals surface area (Å²) in [5.41, 5.74) is -0.412. The average Bonchev–Trinajstić information content (AvgIpc) is 2.84. The zero-order valence-electron chi connectivity index (χ0n) is 17.9. The molecule has 2 rings (SSSR count). The molecule has 2 heterocycles. The van der Waals surface area contributed by atoms with Gasteiger partial charge in [0.05, 0.1) is 0 Å². The zero-order valence-corrected chi connectivity index (χ0v) is 17.9. The second kappa shape index (κ2) is 9.72. The third-order valence-corrected chi connectivity index (χ3v) is 6.11. The van der Waals surface area contributed by atoms with Gasteiger partial charge in [0, 0.05) is 51.5 Å². The van der Waals surface area contributed by atoms with Gasteiger partial charge in [0.2, 0.25) is 11.8 Å². The van der Waals surface area contributed by atoms with Crippen LogP contribution in [0, 0.1) is 17.3 Å². The van der Waals surface area contributed by atoms with Crippen molar-refractivity contribution >= 4 is 17.8 Å². The van der Waals surface area contributed by atoms with Gasteiger partial charge in [0.15, 0.2) is 0 Å². The number of rotatable bonds is 5. The lowest BCUT2D eigenvalue weighted by molar-refractivity contribution is -0.143. The van der Waals surface area contributed by atoms with Gasteiger partial charge in [-0.1, -0.05) is 20.8 Å². The molecule has 0 aromatic rings. The fourth-order valence-electron chi connectivity index (χ4n) is 4.42. The van der Waals surface area contributed by atoms with Crippen molar-refractivity contribution in [3.05, 3.63) is 0 Å². The Morgan fingerprint density at radius 2 is 1.68 bits per heavy atom. The maximum Gasteiger partial charge on any atom is 0.303 e. The predicted octanol–water partition coefficient (Wildman–Crippen LogP) is 1.92. The molecule has 7 nitrogen and oxygen atoms in total. The van der Waals surface area contributed by atoms with E-state index in [1.165, 1.54) is 0 Å². The molecule has 0 spiro atoms. The van der Waals surface area contributed by atoms with E-state index >= 15 is 0 Å². The highest BCUT2D eigenvalue weighted by Crippen LogP contribution is 2.31. The quantitative estimate of drug-likeness (QED) is 0.769. The Bertz CT molecular complexity index is 572. The monoisotopic (exact) mass is 395 g/mol. The molecule has 1 N–H and O–H groups in total. The maximum absolute atomic E-state index is 12.7. The fourth-order valence-corrected chi connectivity index (χ4v) is 4.42. The molecule has 160 valence electrons. The van der Waals surface area contributed by atoms with E-state index in [0.717, 1.165) is 52.0 Å². The largest absolute Gasteiger partial charge is 0.481 e. The van der Waals surface area contributed by atoms with E-state index in [-0.39, 0.29) is 30.1 Å². The molecule has 2 fully saturated rings. The van der Waals surface area contributed by atoms with E-state index in [4.69, 9.17) is 0 Å². The van der Waals surface area contributed by atoms with Crippen LogP contribution < -0.4 is 0 Å². The Morgan fingerprint density at radius 1 is 0.964 bits per heavy atom. The maximum atomic E-state index is 12.7. The topological polar surface area (TPSA) is 81.2 Å². The summed E-state index contributed by atoms with van der Waals surface area (Å²) in [6, 6.07) is 0. The van der Waals surface area contributed by atoms with Crippen molar-refractivity contribution < 1.29 is 19.5 Å². The van der Waals surface area contributed by atoms with Crippen LogP contribution in [0.2, 0.25) is 0 Å². The minimum atomic E-state index is -0.752. The Labute approximate surface area is 169 Å². The number of piperidine rings is 1. The molecule has 2 saturated heterocycles. The van der Waals surface area contributed by atoms with Crippen molar-refractivity contribution in [3.8, 4) is 0 Å². The van der Waals surface area contributed by atoms with Crippen LogP contribution in [0.4, 0.5) is 0 Å². The molecule has 2 unspecified atom stereocenters. The van der Waals surface area contributed by atoms with Gasteiger partial charge in [-0.05, 0) is 44.2 Å². The normalized spacial score (nSPS) is 24.7. The molecule has 2 amide bonds. The Kier molecular flexibility index (Phi) is 7.87. The lowest BCUT2D eigenvalue weighted by atomic mass is 9.80. The number of carboxylic acids is 1. The molecule has 0 radical (unpaired) electrons. The molecule has 0 bridgehead atoms. The van der Waals surface area contributed by atoms with Crippen LogP contribution in [-0.2, 0) is 14.4 Å². The van der Waals surface area contributed by atoms with Crippen LogP contribution in [0.25, 0.3) is 0 Å². The molecule has 0 aromatic carbocycles. The molecule has 2 atom stereocenters. The van der Waals surface area contributed by atoms with Crippen LogP contribution in [0.15, 0.2) is 0 Å².